The Morgan fingerprint density at radius 3 is 2.09 bits per heavy atom. The van der Waals surface area contributed by atoms with Gasteiger partial charge < -0.3 is 5.11 Å². The summed E-state index contributed by atoms with van der Waals surface area (Å²) in [5.74, 6) is 0.758. The number of phenols is 1. The fourth-order valence-electron chi connectivity index (χ4n) is 3.01. The standard InChI is InChI=1S/C20H22O.C2H6/c1-13(20(2,3)4)19-15-9-6-5-8-14(15)12-17-16(19)10-7-11-18(17)21;1-2/h5-13,21H,1-4H3;1-2H3. The molecule has 122 valence electrons. The molecule has 23 heavy (non-hydrogen) atoms. The summed E-state index contributed by atoms with van der Waals surface area (Å²) in [5, 5.41) is 14.8. The number of hydrogen-bond acceptors (Lipinski definition) is 1. The van der Waals surface area contributed by atoms with Crippen LogP contribution in [0.4, 0.5) is 0 Å². The van der Waals surface area contributed by atoms with Crippen LogP contribution in [0.3, 0.4) is 0 Å². The lowest BCUT2D eigenvalue weighted by Gasteiger charge is -2.30. The van der Waals surface area contributed by atoms with Gasteiger partial charge in [-0.3, -0.25) is 0 Å². The second-order valence-corrected chi connectivity index (χ2v) is 6.97. The Bertz CT molecular complexity index is 809. The summed E-state index contributed by atoms with van der Waals surface area (Å²) in [4.78, 5) is 0. The number of rotatable bonds is 1. The van der Waals surface area contributed by atoms with Gasteiger partial charge in [-0.2, -0.15) is 0 Å². The molecular formula is C22H28O. The number of phenolic OH excluding ortho intramolecular Hbond substituents is 1. The van der Waals surface area contributed by atoms with E-state index in [4.69, 9.17) is 0 Å². The van der Waals surface area contributed by atoms with E-state index in [0.717, 1.165) is 10.8 Å². The predicted molar refractivity (Wildman–Crippen MR) is 102 cm³/mol. The number of aromatic hydroxyl groups is 1. The van der Waals surface area contributed by atoms with E-state index in [9.17, 15) is 5.11 Å². The highest BCUT2D eigenvalue weighted by Crippen LogP contribution is 2.43. The molecule has 0 aliphatic heterocycles. The van der Waals surface area contributed by atoms with E-state index in [1.165, 1.54) is 16.3 Å². The van der Waals surface area contributed by atoms with Crippen molar-refractivity contribution in [2.24, 2.45) is 5.41 Å². The van der Waals surface area contributed by atoms with Gasteiger partial charge in [0.2, 0.25) is 0 Å². The molecule has 1 nitrogen and oxygen atoms in total. The Hall–Kier alpha value is -2.02. The third-order valence-corrected chi connectivity index (χ3v) is 4.66. The van der Waals surface area contributed by atoms with Crippen LogP contribution in [-0.2, 0) is 0 Å². The minimum atomic E-state index is 0.169. The van der Waals surface area contributed by atoms with Crippen molar-refractivity contribution in [2.45, 2.75) is 47.5 Å². The summed E-state index contributed by atoms with van der Waals surface area (Å²) in [6.07, 6.45) is 0. The number of hydrogen-bond donors (Lipinski definition) is 1. The van der Waals surface area contributed by atoms with Crippen LogP contribution in [0.15, 0.2) is 48.5 Å². The van der Waals surface area contributed by atoms with Gasteiger partial charge in [-0.15, -0.1) is 0 Å². The molecule has 0 heterocycles. The van der Waals surface area contributed by atoms with Crippen molar-refractivity contribution in [3.05, 3.63) is 54.1 Å². The first-order valence-electron chi connectivity index (χ1n) is 8.53. The number of benzene rings is 3. The first-order valence-corrected chi connectivity index (χ1v) is 8.53. The third kappa shape index (κ3) is 3.19. The molecule has 1 atom stereocenters. The highest BCUT2D eigenvalue weighted by molar-refractivity contribution is 6.04. The van der Waals surface area contributed by atoms with E-state index >= 15 is 0 Å². The third-order valence-electron chi connectivity index (χ3n) is 4.66. The molecule has 0 spiro atoms. The van der Waals surface area contributed by atoms with Crippen LogP contribution in [0, 0.1) is 5.41 Å². The first kappa shape index (κ1) is 17.3. The van der Waals surface area contributed by atoms with Gasteiger partial charge in [0, 0.05) is 5.39 Å². The molecule has 0 aromatic heterocycles. The van der Waals surface area contributed by atoms with E-state index in [0.29, 0.717) is 11.7 Å². The van der Waals surface area contributed by atoms with Crippen molar-refractivity contribution < 1.29 is 5.11 Å². The Morgan fingerprint density at radius 2 is 1.43 bits per heavy atom. The van der Waals surface area contributed by atoms with Gasteiger partial charge in [-0.25, -0.2) is 0 Å². The average Bonchev–Trinajstić information content (AvgIpc) is 2.54. The quantitative estimate of drug-likeness (QED) is 0.486. The van der Waals surface area contributed by atoms with Crippen LogP contribution < -0.4 is 0 Å². The molecular weight excluding hydrogens is 280 g/mol. The predicted octanol–water partition coefficient (Wildman–Crippen LogP) is 6.87. The maximum absolute atomic E-state index is 10.2. The summed E-state index contributed by atoms with van der Waals surface area (Å²) in [6.45, 7) is 13.1. The minimum Gasteiger partial charge on any atom is -0.507 e. The number of fused-ring (bicyclic) bond motifs is 2. The van der Waals surface area contributed by atoms with Crippen molar-refractivity contribution in [1.82, 2.24) is 0 Å². The molecule has 0 fully saturated rings. The molecule has 3 aromatic carbocycles. The van der Waals surface area contributed by atoms with Gasteiger partial charge in [-0.05, 0) is 45.2 Å². The van der Waals surface area contributed by atoms with Gasteiger partial charge >= 0.3 is 0 Å². The maximum atomic E-state index is 10.2. The van der Waals surface area contributed by atoms with E-state index in [-0.39, 0.29) is 5.41 Å². The van der Waals surface area contributed by atoms with E-state index in [1.54, 1.807) is 6.07 Å². The molecule has 1 heteroatoms. The molecule has 0 aliphatic carbocycles. The smallest absolute Gasteiger partial charge is 0.123 e. The van der Waals surface area contributed by atoms with Crippen LogP contribution >= 0.6 is 0 Å². The molecule has 1 N–H and O–H groups in total. The lowest BCUT2D eigenvalue weighted by Crippen LogP contribution is -2.16. The molecule has 0 saturated heterocycles. The average molecular weight is 308 g/mol. The zero-order valence-corrected chi connectivity index (χ0v) is 15.1. The lowest BCUT2D eigenvalue weighted by molar-refractivity contribution is 0.342. The minimum absolute atomic E-state index is 0.169. The molecule has 3 rings (SSSR count). The Morgan fingerprint density at radius 1 is 0.826 bits per heavy atom. The monoisotopic (exact) mass is 308 g/mol. The molecule has 0 radical (unpaired) electrons. The van der Waals surface area contributed by atoms with E-state index in [2.05, 4.69) is 64.1 Å². The topological polar surface area (TPSA) is 20.2 Å². The van der Waals surface area contributed by atoms with Gasteiger partial charge in [0.25, 0.3) is 0 Å². The molecule has 0 saturated carbocycles. The lowest BCUT2D eigenvalue weighted by atomic mass is 9.75. The maximum Gasteiger partial charge on any atom is 0.123 e. The summed E-state index contributed by atoms with van der Waals surface area (Å²) in [7, 11) is 0. The first-order chi connectivity index (χ1) is 10.9. The van der Waals surface area contributed by atoms with Crippen molar-refractivity contribution in [3.8, 4) is 5.75 Å². The molecule has 1 unspecified atom stereocenters. The van der Waals surface area contributed by atoms with Crippen molar-refractivity contribution >= 4 is 21.5 Å². The van der Waals surface area contributed by atoms with E-state index in [1.807, 2.05) is 19.9 Å². The Balaban J connectivity index is 0.000000924. The van der Waals surface area contributed by atoms with E-state index < -0.39 is 0 Å². The fourth-order valence-corrected chi connectivity index (χ4v) is 3.01. The fraction of sp³-hybridized carbons (Fsp3) is 0.364. The van der Waals surface area contributed by atoms with Gasteiger partial charge in [0.05, 0.1) is 0 Å². The van der Waals surface area contributed by atoms with Crippen molar-refractivity contribution in [2.75, 3.05) is 0 Å². The van der Waals surface area contributed by atoms with Gasteiger partial charge in [0.15, 0.2) is 0 Å². The van der Waals surface area contributed by atoms with Crippen LogP contribution in [0.2, 0.25) is 0 Å². The molecule has 0 amide bonds. The van der Waals surface area contributed by atoms with Crippen molar-refractivity contribution in [3.63, 3.8) is 0 Å². The summed E-state index contributed by atoms with van der Waals surface area (Å²) < 4.78 is 0. The second-order valence-electron chi connectivity index (χ2n) is 6.97. The van der Waals surface area contributed by atoms with Crippen molar-refractivity contribution in [1.29, 1.82) is 0 Å². The molecule has 0 aliphatic rings. The van der Waals surface area contributed by atoms with Crippen LogP contribution in [0.1, 0.15) is 53.0 Å². The zero-order chi connectivity index (χ0) is 17.2. The van der Waals surface area contributed by atoms with Crippen LogP contribution in [0.5, 0.6) is 5.75 Å². The Kier molecular flexibility index (Phi) is 4.99. The molecule has 3 aromatic rings. The molecule has 0 bridgehead atoms. The highest BCUT2D eigenvalue weighted by Gasteiger charge is 2.25. The van der Waals surface area contributed by atoms with Gasteiger partial charge in [-0.1, -0.05) is 77.9 Å². The SMILES string of the molecule is CC.CC(c1c2ccccc2cc2c(O)cccc12)C(C)(C)C. The largest absolute Gasteiger partial charge is 0.507 e. The summed E-state index contributed by atoms with van der Waals surface area (Å²) in [5.41, 5.74) is 1.51. The van der Waals surface area contributed by atoms with Crippen LogP contribution in [0.25, 0.3) is 21.5 Å². The zero-order valence-electron chi connectivity index (χ0n) is 15.1. The van der Waals surface area contributed by atoms with Gasteiger partial charge in [0.1, 0.15) is 5.75 Å². The normalized spacial score (nSPS) is 12.8. The summed E-state index contributed by atoms with van der Waals surface area (Å²) >= 11 is 0. The highest BCUT2D eigenvalue weighted by atomic mass is 16.3. The Labute approximate surface area is 140 Å². The summed E-state index contributed by atoms with van der Waals surface area (Å²) in [6, 6.07) is 16.4. The van der Waals surface area contributed by atoms with Crippen LogP contribution in [-0.4, -0.2) is 5.11 Å². The second kappa shape index (κ2) is 6.62.